The van der Waals surface area contributed by atoms with Crippen molar-refractivity contribution in [1.29, 1.82) is 0 Å². The number of hydrogen-bond donors (Lipinski definition) is 0. The van der Waals surface area contributed by atoms with Gasteiger partial charge < -0.3 is 0 Å². The normalized spacial score (nSPS) is 12.2. The van der Waals surface area contributed by atoms with E-state index in [0.29, 0.717) is 6.42 Å². The van der Waals surface area contributed by atoms with Crippen LogP contribution in [0.5, 0.6) is 0 Å². The molecule has 0 aromatic carbocycles. The van der Waals surface area contributed by atoms with Crippen molar-refractivity contribution in [3.05, 3.63) is 18.8 Å². The monoisotopic (exact) mass is 87.1 g/mol. The predicted molar refractivity (Wildman–Crippen MR) is 24.8 cm³/mol. The molecule has 0 rings (SSSR count). The lowest BCUT2D eigenvalue weighted by atomic mass is 10.4. The van der Waals surface area contributed by atoms with Crippen LogP contribution < -0.4 is 0 Å². The Morgan fingerprint density at radius 2 is 2.50 bits per heavy atom. The van der Waals surface area contributed by atoms with Gasteiger partial charge in [-0.1, -0.05) is 13.0 Å². The van der Waals surface area contributed by atoms with Crippen molar-refractivity contribution < 1.29 is 4.39 Å². The molecule has 0 nitrogen and oxygen atoms in total. The van der Waals surface area contributed by atoms with E-state index in [-0.39, 0.29) is 5.83 Å². The number of allylic oxidation sites excluding steroid dienone is 2. The van der Waals surface area contributed by atoms with E-state index in [2.05, 4.69) is 6.92 Å². The van der Waals surface area contributed by atoms with Gasteiger partial charge in [-0.05, 0) is 13.3 Å². The second-order valence-corrected chi connectivity index (χ2v) is 1.00. The minimum absolute atomic E-state index is 0.144. The smallest absolute Gasteiger partial charge is 0.0957 e. The third kappa shape index (κ3) is 1.94. The maximum atomic E-state index is 11.7. The van der Waals surface area contributed by atoms with Gasteiger partial charge in [-0.2, -0.15) is 0 Å². The molecule has 0 heterocycles. The molecule has 0 saturated heterocycles. The summed E-state index contributed by atoms with van der Waals surface area (Å²) in [7, 11) is 0. The molecular weight excluding hydrogens is 79.1 g/mol. The maximum Gasteiger partial charge on any atom is 0.0957 e. The number of halogens is 1. The lowest BCUT2D eigenvalue weighted by Crippen LogP contribution is -1.61. The van der Waals surface area contributed by atoms with E-state index in [1.807, 2.05) is 0 Å². The fraction of sp³-hybridized carbons (Fsp3) is 0.400. The molecule has 0 bridgehead atoms. The molecule has 0 aliphatic rings. The summed E-state index contributed by atoms with van der Waals surface area (Å²) in [6.07, 6.45) is 1.68. The predicted octanol–water partition coefficient (Wildman–Crippen LogP) is 2.08. The van der Waals surface area contributed by atoms with Crippen LogP contribution in [0.4, 0.5) is 4.39 Å². The first-order chi connectivity index (χ1) is 2.81. The molecule has 0 unspecified atom stereocenters. The lowest BCUT2D eigenvalue weighted by molar-refractivity contribution is 0.604. The Kier molecular flexibility index (Phi) is 2.73. The molecule has 35 valence electrons. The first kappa shape index (κ1) is 5.67. The van der Waals surface area contributed by atoms with Gasteiger partial charge >= 0.3 is 0 Å². The fourth-order valence-electron chi connectivity index (χ4n) is 0.144. The molecule has 6 heavy (non-hydrogen) atoms. The maximum absolute atomic E-state index is 11.7. The Balaban J connectivity index is 3.22. The SMILES string of the molecule is [CH2]/C=C(/F)CC. The highest BCUT2D eigenvalue weighted by Gasteiger charge is 1.79. The summed E-state index contributed by atoms with van der Waals surface area (Å²) in [5.41, 5.74) is 0. The summed E-state index contributed by atoms with van der Waals surface area (Å²) < 4.78 is 11.7. The van der Waals surface area contributed by atoms with Gasteiger partial charge in [0, 0.05) is 0 Å². The van der Waals surface area contributed by atoms with E-state index in [9.17, 15) is 4.39 Å². The van der Waals surface area contributed by atoms with E-state index in [1.54, 1.807) is 6.92 Å². The average molecular weight is 87.1 g/mol. The van der Waals surface area contributed by atoms with Crippen LogP contribution in [-0.2, 0) is 0 Å². The first-order valence-electron chi connectivity index (χ1n) is 1.95. The minimum atomic E-state index is -0.144. The molecule has 0 saturated carbocycles. The van der Waals surface area contributed by atoms with Crippen LogP contribution in [0, 0.1) is 6.92 Å². The van der Waals surface area contributed by atoms with Crippen molar-refractivity contribution in [2.45, 2.75) is 13.3 Å². The zero-order valence-corrected chi connectivity index (χ0v) is 3.87. The molecule has 1 heteroatoms. The molecule has 0 spiro atoms. The van der Waals surface area contributed by atoms with Gasteiger partial charge in [-0.25, -0.2) is 4.39 Å². The topological polar surface area (TPSA) is 0 Å². The van der Waals surface area contributed by atoms with Crippen LogP contribution in [-0.4, -0.2) is 0 Å². The van der Waals surface area contributed by atoms with Crippen molar-refractivity contribution in [3.8, 4) is 0 Å². The molecule has 0 aliphatic heterocycles. The van der Waals surface area contributed by atoms with Gasteiger partial charge in [-0.3, -0.25) is 0 Å². The van der Waals surface area contributed by atoms with Gasteiger partial charge in [0.25, 0.3) is 0 Å². The van der Waals surface area contributed by atoms with E-state index in [4.69, 9.17) is 0 Å². The van der Waals surface area contributed by atoms with Gasteiger partial charge in [0.05, 0.1) is 5.83 Å². The summed E-state index contributed by atoms with van der Waals surface area (Å²) in [5, 5.41) is 0. The van der Waals surface area contributed by atoms with Crippen molar-refractivity contribution in [2.24, 2.45) is 0 Å². The average Bonchev–Trinajstić information content (AvgIpc) is 1.65. The van der Waals surface area contributed by atoms with E-state index in [0.717, 1.165) is 0 Å². The minimum Gasteiger partial charge on any atom is -0.212 e. The highest BCUT2D eigenvalue weighted by atomic mass is 19.1. The van der Waals surface area contributed by atoms with Gasteiger partial charge in [0.15, 0.2) is 0 Å². The summed E-state index contributed by atoms with van der Waals surface area (Å²) in [4.78, 5) is 0. The summed E-state index contributed by atoms with van der Waals surface area (Å²) >= 11 is 0. The summed E-state index contributed by atoms with van der Waals surface area (Å²) in [5.74, 6) is -0.144. The van der Waals surface area contributed by atoms with Crippen molar-refractivity contribution in [1.82, 2.24) is 0 Å². The zero-order valence-electron chi connectivity index (χ0n) is 3.87. The molecule has 0 aliphatic carbocycles. The van der Waals surface area contributed by atoms with Gasteiger partial charge in [0.1, 0.15) is 0 Å². The highest BCUT2D eigenvalue weighted by molar-refractivity contribution is 4.91. The Labute approximate surface area is 37.7 Å². The van der Waals surface area contributed by atoms with E-state index < -0.39 is 0 Å². The summed E-state index contributed by atoms with van der Waals surface area (Å²) in [6, 6.07) is 0. The molecule has 0 N–H and O–H groups in total. The third-order valence-electron chi connectivity index (χ3n) is 0.559. The Bertz CT molecular complexity index is 55.0. The first-order valence-corrected chi connectivity index (χ1v) is 1.95. The molecule has 0 atom stereocenters. The summed E-state index contributed by atoms with van der Waals surface area (Å²) in [6.45, 7) is 4.97. The molecule has 0 amide bonds. The van der Waals surface area contributed by atoms with Gasteiger partial charge in [0.2, 0.25) is 0 Å². The van der Waals surface area contributed by atoms with Crippen LogP contribution in [0.3, 0.4) is 0 Å². The van der Waals surface area contributed by atoms with E-state index in [1.165, 1.54) is 6.08 Å². The quantitative estimate of drug-likeness (QED) is 0.459. The Morgan fingerprint density at radius 3 is 2.50 bits per heavy atom. The molecule has 0 aromatic heterocycles. The van der Waals surface area contributed by atoms with Crippen LogP contribution in [0.25, 0.3) is 0 Å². The second-order valence-electron chi connectivity index (χ2n) is 1.00. The van der Waals surface area contributed by atoms with Crippen LogP contribution in [0.15, 0.2) is 11.9 Å². The van der Waals surface area contributed by atoms with Crippen molar-refractivity contribution in [2.75, 3.05) is 0 Å². The van der Waals surface area contributed by atoms with Crippen molar-refractivity contribution in [3.63, 3.8) is 0 Å². The third-order valence-corrected chi connectivity index (χ3v) is 0.559. The molecular formula is C5H8F. The Hall–Kier alpha value is -0.330. The molecule has 0 fully saturated rings. The molecule has 1 radical (unpaired) electrons. The van der Waals surface area contributed by atoms with Gasteiger partial charge in [-0.15, -0.1) is 0 Å². The number of rotatable bonds is 1. The zero-order chi connectivity index (χ0) is 4.99. The van der Waals surface area contributed by atoms with Crippen LogP contribution >= 0.6 is 0 Å². The highest BCUT2D eigenvalue weighted by Crippen LogP contribution is 1.97. The standard InChI is InChI=1S/C5H8F/c1-3-5(6)4-2/h3H,1,4H2,2H3/b5-3+. The fourth-order valence-corrected chi connectivity index (χ4v) is 0.144. The Morgan fingerprint density at radius 1 is 2.00 bits per heavy atom. The lowest BCUT2D eigenvalue weighted by Gasteiger charge is -1.79. The van der Waals surface area contributed by atoms with Crippen molar-refractivity contribution >= 4 is 0 Å². The second kappa shape index (κ2) is 2.88. The van der Waals surface area contributed by atoms with E-state index >= 15 is 0 Å². The largest absolute Gasteiger partial charge is 0.212 e. The van der Waals surface area contributed by atoms with Crippen LogP contribution in [0.2, 0.25) is 0 Å². The molecule has 0 aromatic rings. The number of hydrogen-bond acceptors (Lipinski definition) is 0. The van der Waals surface area contributed by atoms with Crippen LogP contribution in [0.1, 0.15) is 13.3 Å².